The molecule has 2 aromatic rings. The van der Waals surface area contributed by atoms with E-state index in [1.807, 2.05) is 24.7 Å². The van der Waals surface area contributed by atoms with Gasteiger partial charge in [0.15, 0.2) is 5.60 Å². The Kier molecular flexibility index (Phi) is 5.24. The molecule has 1 aromatic heterocycles. The van der Waals surface area contributed by atoms with Crippen molar-refractivity contribution in [2.75, 3.05) is 25.1 Å². The Morgan fingerprint density at radius 1 is 1.20 bits per heavy atom. The van der Waals surface area contributed by atoms with Crippen molar-refractivity contribution in [3.8, 4) is 0 Å². The van der Waals surface area contributed by atoms with Crippen molar-refractivity contribution in [2.24, 2.45) is 7.05 Å². The molecule has 1 aromatic carbocycles. The fourth-order valence-electron chi connectivity index (χ4n) is 4.99. The van der Waals surface area contributed by atoms with Gasteiger partial charge in [0.2, 0.25) is 0 Å². The molecule has 1 aliphatic heterocycles. The van der Waals surface area contributed by atoms with Gasteiger partial charge in [0.25, 0.3) is 0 Å². The van der Waals surface area contributed by atoms with E-state index in [-0.39, 0.29) is 6.03 Å². The Morgan fingerprint density at radius 2 is 1.90 bits per heavy atom. The van der Waals surface area contributed by atoms with Crippen LogP contribution in [-0.2, 0) is 47.8 Å². The number of rotatable bonds is 6. The van der Waals surface area contributed by atoms with Crippen molar-refractivity contribution in [1.29, 1.82) is 0 Å². The zero-order valence-electron chi connectivity index (χ0n) is 17.5. The summed E-state index contributed by atoms with van der Waals surface area (Å²) in [5.74, 6) is 0. The molecular weight excluding hydrogens is 400 g/mol. The van der Waals surface area contributed by atoms with Crippen LogP contribution in [0.15, 0.2) is 17.2 Å². The predicted octanol–water partition coefficient (Wildman–Crippen LogP) is 3.49. The van der Waals surface area contributed by atoms with Crippen LogP contribution in [0.5, 0.6) is 0 Å². The van der Waals surface area contributed by atoms with Crippen molar-refractivity contribution in [3.63, 3.8) is 0 Å². The highest BCUT2D eigenvalue weighted by molar-refractivity contribution is 7.97. The number of nitrogens with zero attached hydrogens (tertiary/aromatic N) is 2. The van der Waals surface area contributed by atoms with Gasteiger partial charge in [-0.3, -0.25) is 9.40 Å². The van der Waals surface area contributed by atoms with Crippen molar-refractivity contribution in [1.82, 2.24) is 14.5 Å². The molecule has 0 radical (unpaired) electrons. The zero-order valence-corrected chi connectivity index (χ0v) is 18.4. The summed E-state index contributed by atoms with van der Waals surface area (Å²) in [7, 11) is 1.90. The number of carbonyl (C=O) groups is 1. The van der Waals surface area contributed by atoms with Crippen LogP contribution < -0.4 is 10.0 Å². The fourth-order valence-corrected chi connectivity index (χ4v) is 5.57. The number of fused-ring (bicyclic) bond motifs is 2. The first-order valence-electron chi connectivity index (χ1n) is 10.8. The van der Waals surface area contributed by atoms with Crippen molar-refractivity contribution >= 4 is 23.7 Å². The molecule has 30 heavy (non-hydrogen) atoms. The molecule has 0 saturated carbocycles. The van der Waals surface area contributed by atoms with E-state index in [0.717, 1.165) is 42.1 Å². The van der Waals surface area contributed by atoms with Crippen molar-refractivity contribution < 1.29 is 14.3 Å². The molecule has 0 spiro atoms. The Hall–Kier alpha value is -2.03. The first-order chi connectivity index (χ1) is 14.6. The maximum atomic E-state index is 12.7. The summed E-state index contributed by atoms with van der Waals surface area (Å²) in [4.78, 5) is 12.7. The van der Waals surface area contributed by atoms with E-state index in [1.165, 1.54) is 47.0 Å². The van der Waals surface area contributed by atoms with Crippen LogP contribution in [0.2, 0.25) is 0 Å². The number of carbonyl (C=O) groups excluding carboxylic acids is 1. The smallest absolute Gasteiger partial charge is 0.329 e. The van der Waals surface area contributed by atoms with E-state index in [9.17, 15) is 4.79 Å². The number of hydrogen-bond donors (Lipinski definition) is 2. The van der Waals surface area contributed by atoms with Crippen LogP contribution in [0.4, 0.5) is 10.5 Å². The number of aromatic nitrogens is 2. The lowest BCUT2D eigenvalue weighted by atomic mass is 9.97. The van der Waals surface area contributed by atoms with Gasteiger partial charge in [0.05, 0.1) is 18.9 Å². The average molecular weight is 429 g/mol. The lowest BCUT2D eigenvalue weighted by molar-refractivity contribution is -0.218. The summed E-state index contributed by atoms with van der Waals surface area (Å²) in [6.07, 6.45) is 6.69. The topological polar surface area (TPSA) is 77.4 Å². The minimum Gasteiger partial charge on any atom is -0.374 e. The first kappa shape index (κ1) is 19.9. The van der Waals surface area contributed by atoms with E-state index in [4.69, 9.17) is 9.47 Å². The average Bonchev–Trinajstić information content (AvgIpc) is 3.42. The second-order valence-electron chi connectivity index (χ2n) is 8.30. The Balaban J connectivity index is 1.28. The molecule has 3 aliphatic rings. The quantitative estimate of drug-likeness (QED) is 0.689. The Morgan fingerprint density at radius 3 is 2.50 bits per heavy atom. The monoisotopic (exact) mass is 428 g/mol. The molecule has 160 valence electrons. The summed E-state index contributed by atoms with van der Waals surface area (Å²) in [5, 5.41) is 8.43. The van der Waals surface area contributed by atoms with E-state index < -0.39 is 5.60 Å². The molecule has 7 nitrogen and oxygen atoms in total. The van der Waals surface area contributed by atoms with Crippen LogP contribution >= 0.6 is 11.9 Å². The number of nitrogens with one attached hydrogen (secondary N) is 2. The van der Waals surface area contributed by atoms with Crippen LogP contribution in [-0.4, -0.2) is 35.6 Å². The fraction of sp³-hybridized carbons (Fsp3) is 0.545. The summed E-state index contributed by atoms with van der Waals surface area (Å²) in [5.41, 5.74) is 7.09. The molecule has 2 N–H and O–H groups in total. The number of ether oxygens (including phenoxy) is 2. The molecule has 0 bridgehead atoms. The lowest BCUT2D eigenvalue weighted by Crippen LogP contribution is -2.50. The number of benzene rings is 1. The van der Waals surface area contributed by atoms with Crippen LogP contribution in [0.1, 0.15) is 47.7 Å². The van der Waals surface area contributed by atoms with E-state index in [2.05, 4.69) is 21.2 Å². The minimum atomic E-state index is -0.428. The molecule has 0 unspecified atom stereocenters. The molecule has 1 fully saturated rings. The highest BCUT2D eigenvalue weighted by atomic mass is 32.2. The largest absolute Gasteiger partial charge is 0.374 e. The predicted molar refractivity (Wildman–Crippen MR) is 116 cm³/mol. The van der Waals surface area contributed by atoms with E-state index in [1.54, 1.807) is 0 Å². The lowest BCUT2D eigenvalue weighted by Gasteiger charge is -2.40. The van der Waals surface area contributed by atoms with Gasteiger partial charge in [-0.2, -0.15) is 5.10 Å². The second kappa shape index (κ2) is 7.90. The minimum absolute atomic E-state index is 0.201. The molecule has 0 atom stereocenters. The zero-order chi connectivity index (χ0) is 20.7. The third-order valence-corrected chi connectivity index (χ3v) is 7.07. The third-order valence-electron chi connectivity index (χ3n) is 6.38. The molecule has 8 heteroatoms. The third kappa shape index (κ3) is 3.40. The van der Waals surface area contributed by atoms with Gasteiger partial charge in [-0.1, -0.05) is 6.07 Å². The second-order valence-corrected chi connectivity index (χ2v) is 9.13. The van der Waals surface area contributed by atoms with E-state index in [0.29, 0.717) is 19.8 Å². The summed E-state index contributed by atoms with van der Waals surface area (Å²) in [6.45, 7) is 3.66. The number of amides is 2. The maximum absolute atomic E-state index is 12.7. The van der Waals surface area contributed by atoms with Crippen molar-refractivity contribution in [3.05, 3.63) is 40.1 Å². The molecule has 2 aliphatic carbocycles. The highest BCUT2D eigenvalue weighted by Crippen LogP contribution is 2.39. The van der Waals surface area contributed by atoms with Crippen molar-refractivity contribution in [2.45, 2.75) is 56.1 Å². The van der Waals surface area contributed by atoms with Gasteiger partial charge >= 0.3 is 6.03 Å². The SMILES string of the molecule is CCOC1(c2cc(SNC(=O)Nc3c4c(cc5c3CCC5)CCC4)nn2C)COC1. The van der Waals surface area contributed by atoms with Crippen LogP contribution in [0, 0.1) is 0 Å². The van der Waals surface area contributed by atoms with E-state index >= 15 is 0 Å². The number of urea groups is 1. The summed E-state index contributed by atoms with van der Waals surface area (Å²) in [6, 6.07) is 4.14. The van der Waals surface area contributed by atoms with Gasteiger partial charge in [0.1, 0.15) is 5.03 Å². The van der Waals surface area contributed by atoms with Gasteiger partial charge in [0, 0.05) is 31.3 Å². The van der Waals surface area contributed by atoms with Gasteiger partial charge in [-0.25, -0.2) is 4.79 Å². The molecule has 2 amide bonds. The summed E-state index contributed by atoms with van der Waals surface area (Å²) < 4.78 is 16.1. The normalized spacial score (nSPS) is 18.6. The molecule has 1 saturated heterocycles. The molecular formula is C22H28N4O3S. The number of anilines is 1. The highest BCUT2D eigenvalue weighted by Gasteiger charge is 2.44. The Labute approximate surface area is 181 Å². The van der Waals surface area contributed by atoms with Crippen LogP contribution in [0.3, 0.4) is 0 Å². The first-order valence-corrected chi connectivity index (χ1v) is 11.6. The standard InChI is InChI=1S/C22H28N4O3S/c1-3-29-22(12-28-13-22)18-11-19(24-26(18)2)30-25-21(27)23-20-16-8-4-6-14(16)10-15-7-5-9-17(15)20/h10-11H,3-9,12-13H2,1-2H3,(H2,23,25,27). The van der Waals surface area contributed by atoms with Gasteiger partial charge in [-0.05, 0) is 73.8 Å². The van der Waals surface area contributed by atoms with Gasteiger partial charge < -0.3 is 14.8 Å². The maximum Gasteiger partial charge on any atom is 0.329 e. The van der Waals surface area contributed by atoms with Gasteiger partial charge in [-0.15, -0.1) is 0 Å². The summed E-state index contributed by atoms with van der Waals surface area (Å²) >= 11 is 1.23. The molecule has 5 rings (SSSR count). The van der Waals surface area contributed by atoms with Crippen LogP contribution in [0.25, 0.3) is 0 Å². The number of hydrogen-bond acceptors (Lipinski definition) is 5. The Bertz CT molecular complexity index is 951. The molecule has 2 heterocycles. The number of aryl methyl sites for hydroxylation is 3.